The highest BCUT2D eigenvalue weighted by molar-refractivity contribution is 5.87. The first-order valence-electron chi connectivity index (χ1n) is 9.67. The van der Waals surface area contributed by atoms with Gasteiger partial charge in [0.15, 0.2) is 17.5 Å². The van der Waals surface area contributed by atoms with Crippen molar-refractivity contribution >= 4 is 16.7 Å². The minimum atomic E-state index is -0.813. The average molecular weight is 361 g/mol. The standard InChI is InChI=1S/C21H23N5O/c22-13-17(21-25-24-20-11-2-1-5-12-26(20)21)19(27)10-6-7-15-14-23-18-9-4-3-8-16(15)18/h3-4,8-9,14,17,23H,1-2,5-7,10-12H2/t17-/m0/s1. The van der Waals surface area contributed by atoms with Gasteiger partial charge in [0.2, 0.25) is 0 Å². The van der Waals surface area contributed by atoms with Crippen LogP contribution in [0, 0.1) is 11.3 Å². The van der Waals surface area contributed by atoms with Crippen LogP contribution in [0.4, 0.5) is 0 Å². The van der Waals surface area contributed by atoms with Crippen LogP contribution in [0.5, 0.6) is 0 Å². The van der Waals surface area contributed by atoms with Gasteiger partial charge in [0, 0.05) is 36.5 Å². The van der Waals surface area contributed by atoms with E-state index in [1.807, 2.05) is 29.0 Å². The van der Waals surface area contributed by atoms with E-state index in [0.29, 0.717) is 12.2 Å². The number of aryl methyl sites for hydroxylation is 2. The number of hydrogen-bond donors (Lipinski definition) is 1. The number of para-hydroxylation sites is 1. The first-order chi connectivity index (χ1) is 13.3. The van der Waals surface area contributed by atoms with Crippen LogP contribution in [0.1, 0.15) is 55.2 Å². The van der Waals surface area contributed by atoms with Gasteiger partial charge in [0.25, 0.3) is 0 Å². The van der Waals surface area contributed by atoms with Crippen molar-refractivity contribution < 1.29 is 4.79 Å². The van der Waals surface area contributed by atoms with Gasteiger partial charge in [-0.25, -0.2) is 0 Å². The molecule has 3 heterocycles. The second kappa shape index (κ2) is 7.75. The Balaban J connectivity index is 1.43. The first-order valence-corrected chi connectivity index (χ1v) is 9.67. The van der Waals surface area contributed by atoms with Crippen molar-refractivity contribution in [2.75, 3.05) is 0 Å². The number of hydrogen-bond acceptors (Lipinski definition) is 4. The number of nitriles is 1. The number of carbonyl (C=O) groups excluding carboxylic acids is 1. The number of nitrogens with zero attached hydrogens (tertiary/aromatic N) is 4. The molecule has 6 nitrogen and oxygen atoms in total. The lowest BCUT2D eigenvalue weighted by atomic mass is 9.98. The van der Waals surface area contributed by atoms with Crippen LogP contribution >= 0.6 is 0 Å². The van der Waals surface area contributed by atoms with E-state index in [9.17, 15) is 10.1 Å². The summed E-state index contributed by atoms with van der Waals surface area (Å²) in [5, 5.41) is 19.2. The minimum absolute atomic E-state index is 0.0585. The maximum atomic E-state index is 12.7. The van der Waals surface area contributed by atoms with E-state index in [1.54, 1.807) is 0 Å². The molecule has 0 amide bonds. The summed E-state index contributed by atoms with van der Waals surface area (Å²) < 4.78 is 2.00. The Morgan fingerprint density at radius 3 is 3.04 bits per heavy atom. The Morgan fingerprint density at radius 2 is 2.15 bits per heavy atom. The number of ketones is 1. The number of aromatic nitrogens is 4. The molecule has 0 unspecified atom stereocenters. The maximum absolute atomic E-state index is 12.7. The molecule has 1 aliphatic rings. The van der Waals surface area contributed by atoms with Crippen LogP contribution < -0.4 is 0 Å². The van der Waals surface area contributed by atoms with Crippen molar-refractivity contribution in [3.63, 3.8) is 0 Å². The molecule has 27 heavy (non-hydrogen) atoms. The van der Waals surface area contributed by atoms with Crippen molar-refractivity contribution in [2.24, 2.45) is 0 Å². The summed E-state index contributed by atoms with van der Waals surface area (Å²) in [6, 6.07) is 10.3. The van der Waals surface area contributed by atoms with Crippen LogP contribution in [-0.2, 0) is 24.2 Å². The van der Waals surface area contributed by atoms with E-state index in [-0.39, 0.29) is 5.78 Å². The zero-order valence-corrected chi connectivity index (χ0v) is 15.3. The highest BCUT2D eigenvalue weighted by Gasteiger charge is 2.27. The number of fused-ring (bicyclic) bond motifs is 2. The molecule has 0 saturated heterocycles. The smallest absolute Gasteiger partial charge is 0.164 e. The Morgan fingerprint density at radius 1 is 1.26 bits per heavy atom. The van der Waals surface area contributed by atoms with Gasteiger partial charge in [0.1, 0.15) is 5.82 Å². The van der Waals surface area contributed by atoms with Crippen molar-refractivity contribution in [3.8, 4) is 6.07 Å². The molecular weight excluding hydrogens is 338 g/mol. The summed E-state index contributed by atoms with van der Waals surface area (Å²) in [4.78, 5) is 16.0. The monoisotopic (exact) mass is 361 g/mol. The van der Waals surface area contributed by atoms with Crippen molar-refractivity contribution in [1.29, 1.82) is 5.26 Å². The third kappa shape index (κ3) is 3.50. The molecule has 138 valence electrons. The van der Waals surface area contributed by atoms with Gasteiger partial charge in [-0.2, -0.15) is 5.26 Å². The molecule has 3 aromatic rings. The minimum Gasteiger partial charge on any atom is -0.361 e. The van der Waals surface area contributed by atoms with Crippen LogP contribution in [-0.4, -0.2) is 25.5 Å². The van der Waals surface area contributed by atoms with Crippen molar-refractivity contribution in [3.05, 3.63) is 47.7 Å². The van der Waals surface area contributed by atoms with E-state index in [0.717, 1.165) is 56.4 Å². The SMILES string of the molecule is N#C[C@@H](C(=O)CCCc1c[nH]c2ccccc12)c1nnc2n1CCCCC2. The Labute approximate surface area is 158 Å². The number of aromatic amines is 1. The summed E-state index contributed by atoms with van der Waals surface area (Å²) in [7, 11) is 0. The summed E-state index contributed by atoms with van der Waals surface area (Å²) in [6.45, 7) is 0.804. The molecule has 0 saturated carbocycles. The fourth-order valence-corrected chi connectivity index (χ4v) is 3.93. The predicted octanol–water partition coefficient (Wildman–Crippen LogP) is 3.68. The number of nitrogens with one attached hydrogen (secondary N) is 1. The summed E-state index contributed by atoms with van der Waals surface area (Å²) >= 11 is 0. The van der Waals surface area contributed by atoms with Crippen molar-refractivity contribution in [1.82, 2.24) is 19.7 Å². The zero-order chi connectivity index (χ0) is 18.6. The molecule has 0 spiro atoms. The molecule has 1 atom stereocenters. The number of Topliss-reactive ketones (excluding diaryl/α,β-unsaturated/α-hetero) is 1. The van der Waals surface area contributed by atoms with Crippen LogP contribution in [0.2, 0.25) is 0 Å². The molecular formula is C21H23N5O. The van der Waals surface area contributed by atoms with Crippen LogP contribution in [0.15, 0.2) is 30.5 Å². The lowest BCUT2D eigenvalue weighted by Crippen LogP contribution is -2.17. The fourth-order valence-electron chi connectivity index (χ4n) is 3.93. The van der Waals surface area contributed by atoms with E-state index in [1.165, 1.54) is 10.9 Å². The molecule has 0 fully saturated rings. The molecule has 0 aliphatic carbocycles. The predicted molar refractivity (Wildman–Crippen MR) is 102 cm³/mol. The van der Waals surface area contributed by atoms with Gasteiger partial charge in [-0.3, -0.25) is 4.79 Å². The lowest BCUT2D eigenvalue weighted by Gasteiger charge is -2.11. The quantitative estimate of drug-likeness (QED) is 0.725. The second-order valence-electron chi connectivity index (χ2n) is 7.18. The second-order valence-corrected chi connectivity index (χ2v) is 7.18. The van der Waals surface area contributed by atoms with E-state index in [4.69, 9.17) is 0 Å². The molecule has 4 rings (SSSR count). The zero-order valence-electron chi connectivity index (χ0n) is 15.3. The van der Waals surface area contributed by atoms with E-state index >= 15 is 0 Å². The normalized spacial score (nSPS) is 15.1. The van der Waals surface area contributed by atoms with Crippen LogP contribution in [0.25, 0.3) is 10.9 Å². The third-order valence-electron chi connectivity index (χ3n) is 5.39. The molecule has 0 bridgehead atoms. The van der Waals surface area contributed by atoms with Crippen LogP contribution in [0.3, 0.4) is 0 Å². The molecule has 1 aromatic carbocycles. The van der Waals surface area contributed by atoms with Gasteiger partial charge >= 0.3 is 0 Å². The Bertz CT molecular complexity index is 994. The number of benzene rings is 1. The highest BCUT2D eigenvalue weighted by Crippen LogP contribution is 2.23. The third-order valence-corrected chi connectivity index (χ3v) is 5.39. The summed E-state index contributed by atoms with van der Waals surface area (Å²) in [6.07, 6.45) is 8.08. The number of H-pyrrole nitrogens is 1. The van der Waals surface area contributed by atoms with E-state index < -0.39 is 5.92 Å². The molecule has 6 heteroatoms. The van der Waals surface area contributed by atoms with Crippen molar-refractivity contribution in [2.45, 2.75) is 57.4 Å². The van der Waals surface area contributed by atoms with Gasteiger partial charge < -0.3 is 9.55 Å². The average Bonchev–Trinajstić information content (AvgIpc) is 3.19. The summed E-state index contributed by atoms with van der Waals surface area (Å²) in [5.74, 6) is 0.574. The highest BCUT2D eigenvalue weighted by atomic mass is 16.1. The topological polar surface area (TPSA) is 87.4 Å². The van der Waals surface area contributed by atoms with Gasteiger partial charge in [-0.05, 0) is 37.3 Å². The van der Waals surface area contributed by atoms with E-state index in [2.05, 4.69) is 27.3 Å². The number of carbonyl (C=O) groups is 1. The lowest BCUT2D eigenvalue weighted by molar-refractivity contribution is -0.119. The molecule has 0 radical (unpaired) electrons. The Hall–Kier alpha value is -2.94. The fraction of sp³-hybridized carbons (Fsp3) is 0.429. The maximum Gasteiger partial charge on any atom is 0.164 e. The molecule has 1 aliphatic heterocycles. The molecule has 2 aromatic heterocycles. The van der Waals surface area contributed by atoms with Gasteiger partial charge in [0.05, 0.1) is 6.07 Å². The number of rotatable bonds is 6. The summed E-state index contributed by atoms with van der Waals surface area (Å²) in [5.41, 5.74) is 2.32. The first kappa shape index (κ1) is 17.5. The molecule has 1 N–H and O–H groups in total. The van der Waals surface area contributed by atoms with Gasteiger partial charge in [-0.15, -0.1) is 10.2 Å². The Kier molecular flexibility index (Phi) is 5.01. The van der Waals surface area contributed by atoms with Gasteiger partial charge in [-0.1, -0.05) is 24.6 Å². The largest absolute Gasteiger partial charge is 0.361 e.